The summed E-state index contributed by atoms with van der Waals surface area (Å²) >= 11 is 6.08. The first-order valence-electron chi connectivity index (χ1n) is 6.40. The van der Waals surface area contributed by atoms with Gasteiger partial charge in [-0.15, -0.1) is 0 Å². The molecule has 112 valence electrons. The van der Waals surface area contributed by atoms with E-state index in [2.05, 4.69) is 5.32 Å². The van der Waals surface area contributed by atoms with Gasteiger partial charge < -0.3 is 20.5 Å². The molecule has 0 aromatic heterocycles. The molecule has 0 spiro atoms. The third kappa shape index (κ3) is 5.36. The van der Waals surface area contributed by atoms with Crippen LogP contribution >= 0.6 is 11.6 Å². The summed E-state index contributed by atoms with van der Waals surface area (Å²) in [6, 6.07) is 5.13. The van der Waals surface area contributed by atoms with Crippen molar-refractivity contribution in [1.29, 1.82) is 0 Å². The fraction of sp³-hybridized carbons (Fsp3) is 0.500. The third-order valence-corrected chi connectivity index (χ3v) is 2.96. The molecule has 6 heteroatoms. The van der Waals surface area contributed by atoms with Gasteiger partial charge in [0.1, 0.15) is 5.75 Å². The highest BCUT2D eigenvalue weighted by Crippen LogP contribution is 2.27. The van der Waals surface area contributed by atoms with Crippen LogP contribution in [0.2, 0.25) is 5.02 Å². The number of halogens is 1. The Kier molecular flexibility index (Phi) is 6.78. The van der Waals surface area contributed by atoms with Crippen LogP contribution in [0.3, 0.4) is 0 Å². The lowest BCUT2D eigenvalue weighted by atomic mass is 10.1. The molecule has 0 heterocycles. The minimum Gasteiger partial charge on any atom is -0.482 e. The molecule has 0 radical (unpaired) electrons. The molecule has 0 fully saturated rings. The summed E-state index contributed by atoms with van der Waals surface area (Å²) in [5, 5.41) is 3.19. The fourth-order valence-corrected chi connectivity index (χ4v) is 1.91. The zero-order chi connectivity index (χ0) is 15.1. The quantitative estimate of drug-likeness (QED) is 0.806. The van der Waals surface area contributed by atoms with Crippen LogP contribution in [-0.2, 0) is 9.53 Å². The molecule has 0 aliphatic heterocycles. The molecule has 0 bridgehead atoms. The minimum absolute atomic E-state index is 0.0629. The van der Waals surface area contributed by atoms with Gasteiger partial charge in [0.2, 0.25) is 0 Å². The molecule has 1 aromatic rings. The molecule has 1 amide bonds. The normalized spacial score (nSPS) is 13.7. The van der Waals surface area contributed by atoms with E-state index < -0.39 is 0 Å². The van der Waals surface area contributed by atoms with E-state index in [0.717, 1.165) is 5.56 Å². The number of nitrogens with two attached hydrogens (primary N) is 1. The third-order valence-electron chi connectivity index (χ3n) is 2.66. The van der Waals surface area contributed by atoms with Gasteiger partial charge in [-0.05, 0) is 31.5 Å². The highest BCUT2D eigenvalue weighted by Gasteiger charge is 2.10. The Hall–Kier alpha value is -1.30. The maximum Gasteiger partial charge on any atom is 0.258 e. The Morgan fingerprint density at radius 3 is 2.70 bits per heavy atom. The van der Waals surface area contributed by atoms with Crippen molar-refractivity contribution in [2.45, 2.75) is 25.9 Å². The predicted octanol–water partition coefficient (Wildman–Crippen LogP) is 1.89. The van der Waals surface area contributed by atoms with Crippen molar-refractivity contribution < 1.29 is 14.3 Å². The van der Waals surface area contributed by atoms with Gasteiger partial charge in [-0.25, -0.2) is 0 Å². The summed E-state index contributed by atoms with van der Waals surface area (Å²) in [5.41, 5.74) is 6.68. The molecule has 0 aliphatic rings. The number of carbonyl (C=O) groups excluding carboxylic acids is 1. The number of hydrogen-bond acceptors (Lipinski definition) is 4. The highest BCUT2D eigenvalue weighted by atomic mass is 35.5. The molecule has 5 nitrogen and oxygen atoms in total. The van der Waals surface area contributed by atoms with Gasteiger partial charge in [-0.2, -0.15) is 0 Å². The molecular weight excluding hydrogens is 280 g/mol. The summed E-state index contributed by atoms with van der Waals surface area (Å²) in [7, 11) is 1.58. The second-order valence-corrected chi connectivity index (χ2v) is 5.10. The lowest BCUT2D eigenvalue weighted by Crippen LogP contribution is -2.38. The van der Waals surface area contributed by atoms with Gasteiger partial charge in [-0.1, -0.05) is 17.7 Å². The summed E-state index contributed by atoms with van der Waals surface area (Å²) in [4.78, 5) is 11.6. The van der Waals surface area contributed by atoms with Gasteiger partial charge in [0, 0.05) is 19.2 Å². The molecule has 20 heavy (non-hydrogen) atoms. The number of ether oxygens (including phenoxy) is 2. The van der Waals surface area contributed by atoms with E-state index in [1.807, 2.05) is 19.9 Å². The zero-order valence-electron chi connectivity index (χ0n) is 12.0. The molecule has 1 rings (SSSR count). The standard InChI is InChI=1S/C14H21ClN2O3/c1-9(7-19-3)17-14(18)8-20-13-5-4-11(10(2)16)6-12(13)15/h4-6,9-10H,7-8,16H2,1-3H3,(H,17,18)/t9?,10-/m0/s1. The van der Waals surface area contributed by atoms with Gasteiger partial charge in [-0.3, -0.25) is 4.79 Å². The van der Waals surface area contributed by atoms with Crippen LogP contribution in [0, 0.1) is 0 Å². The summed E-state index contributed by atoms with van der Waals surface area (Å²) in [6.07, 6.45) is 0. The van der Waals surface area contributed by atoms with Crippen LogP contribution in [0.4, 0.5) is 0 Å². The van der Waals surface area contributed by atoms with Crippen LogP contribution < -0.4 is 15.8 Å². The number of benzene rings is 1. The van der Waals surface area contributed by atoms with Crippen molar-refractivity contribution in [3.8, 4) is 5.75 Å². The van der Waals surface area contributed by atoms with Crippen molar-refractivity contribution in [3.63, 3.8) is 0 Å². The first-order valence-corrected chi connectivity index (χ1v) is 6.78. The number of rotatable bonds is 7. The number of methoxy groups -OCH3 is 1. The van der Waals surface area contributed by atoms with Crippen molar-refractivity contribution in [3.05, 3.63) is 28.8 Å². The Balaban J connectivity index is 2.51. The molecule has 0 saturated carbocycles. The Morgan fingerprint density at radius 2 is 2.15 bits per heavy atom. The molecule has 0 aliphatic carbocycles. The van der Waals surface area contributed by atoms with Crippen molar-refractivity contribution >= 4 is 17.5 Å². The zero-order valence-corrected chi connectivity index (χ0v) is 12.7. The van der Waals surface area contributed by atoms with E-state index in [1.165, 1.54) is 0 Å². The predicted molar refractivity (Wildman–Crippen MR) is 79.0 cm³/mol. The summed E-state index contributed by atoms with van der Waals surface area (Å²) < 4.78 is 10.3. The number of hydrogen-bond donors (Lipinski definition) is 2. The molecule has 1 aromatic carbocycles. The van der Waals surface area contributed by atoms with Gasteiger partial charge in [0.05, 0.1) is 11.6 Å². The van der Waals surface area contributed by atoms with Crippen LogP contribution in [0.25, 0.3) is 0 Å². The molecule has 1 unspecified atom stereocenters. The second-order valence-electron chi connectivity index (χ2n) is 4.69. The first kappa shape index (κ1) is 16.8. The maximum absolute atomic E-state index is 11.6. The molecule has 0 saturated heterocycles. The van der Waals surface area contributed by atoms with E-state index in [9.17, 15) is 4.79 Å². The largest absolute Gasteiger partial charge is 0.482 e. The van der Waals surface area contributed by atoms with E-state index in [0.29, 0.717) is 17.4 Å². The average molecular weight is 301 g/mol. The van der Waals surface area contributed by atoms with Gasteiger partial charge in [0.15, 0.2) is 6.61 Å². The van der Waals surface area contributed by atoms with Crippen LogP contribution in [0.15, 0.2) is 18.2 Å². The van der Waals surface area contributed by atoms with E-state index in [-0.39, 0.29) is 24.6 Å². The number of amides is 1. The molecule has 2 atom stereocenters. The Morgan fingerprint density at radius 1 is 1.45 bits per heavy atom. The first-order chi connectivity index (χ1) is 9.43. The monoisotopic (exact) mass is 300 g/mol. The maximum atomic E-state index is 11.6. The van der Waals surface area contributed by atoms with Crippen molar-refractivity contribution in [2.24, 2.45) is 5.73 Å². The SMILES string of the molecule is COCC(C)NC(=O)COc1ccc([C@H](C)N)cc1Cl. The summed E-state index contributed by atoms with van der Waals surface area (Å²) in [5.74, 6) is 0.243. The van der Waals surface area contributed by atoms with Gasteiger partial charge in [0.25, 0.3) is 5.91 Å². The fourth-order valence-electron chi connectivity index (χ4n) is 1.67. The lowest BCUT2D eigenvalue weighted by Gasteiger charge is -2.14. The number of carbonyl (C=O) groups is 1. The van der Waals surface area contributed by atoms with E-state index in [4.69, 9.17) is 26.8 Å². The summed E-state index contributed by atoms with van der Waals surface area (Å²) in [6.45, 7) is 4.09. The van der Waals surface area contributed by atoms with E-state index in [1.54, 1.807) is 19.2 Å². The van der Waals surface area contributed by atoms with Crippen molar-refractivity contribution in [2.75, 3.05) is 20.3 Å². The second kappa shape index (κ2) is 8.09. The Bertz CT molecular complexity index is 452. The molecular formula is C14H21ClN2O3. The van der Waals surface area contributed by atoms with E-state index >= 15 is 0 Å². The van der Waals surface area contributed by atoms with Crippen LogP contribution in [0.5, 0.6) is 5.75 Å². The highest BCUT2D eigenvalue weighted by molar-refractivity contribution is 6.32. The minimum atomic E-state index is -0.220. The van der Waals surface area contributed by atoms with Crippen molar-refractivity contribution in [1.82, 2.24) is 5.32 Å². The topological polar surface area (TPSA) is 73.6 Å². The smallest absolute Gasteiger partial charge is 0.258 e. The lowest BCUT2D eigenvalue weighted by molar-refractivity contribution is -0.124. The molecule has 3 N–H and O–H groups in total. The Labute approximate surface area is 124 Å². The van der Waals surface area contributed by atoms with Crippen LogP contribution in [-0.4, -0.2) is 32.3 Å². The van der Waals surface area contributed by atoms with Gasteiger partial charge >= 0.3 is 0 Å². The number of nitrogens with one attached hydrogen (secondary N) is 1. The van der Waals surface area contributed by atoms with Crippen LogP contribution in [0.1, 0.15) is 25.5 Å². The average Bonchev–Trinajstić information content (AvgIpc) is 2.37.